The lowest BCUT2D eigenvalue weighted by atomic mass is 10.4. The summed E-state index contributed by atoms with van der Waals surface area (Å²) in [7, 11) is 3.24. The molecular weight excluding hydrogens is 158 g/mol. The average molecular weight is 167 g/mol. The third-order valence-corrected chi connectivity index (χ3v) is 1.30. The first-order valence-electron chi connectivity index (χ1n) is 3.37. The number of H-pyrrole nitrogens is 1. The van der Waals surface area contributed by atoms with Crippen LogP contribution in [0.1, 0.15) is 10.5 Å². The van der Waals surface area contributed by atoms with Gasteiger partial charge in [-0.3, -0.25) is 9.59 Å². The molecule has 0 spiro atoms. The summed E-state index contributed by atoms with van der Waals surface area (Å²) < 4.78 is 0. The molecule has 5 nitrogen and oxygen atoms in total. The quantitative estimate of drug-likeness (QED) is 0.611. The molecule has 1 aromatic heterocycles. The molecular formula is C7H9N3O2. The molecule has 0 radical (unpaired) electrons. The summed E-state index contributed by atoms with van der Waals surface area (Å²) in [5.41, 5.74) is -0.0788. The number of hydrogen-bond donors (Lipinski definition) is 1. The maximum atomic E-state index is 11.2. The molecule has 64 valence electrons. The molecule has 0 saturated carbocycles. The summed E-state index contributed by atoms with van der Waals surface area (Å²) in [5.74, 6) is -0.230. The van der Waals surface area contributed by atoms with Crippen LogP contribution in [0.2, 0.25) is 0 Å². The number of carbonyl (C=O) groups excluding carboxylic acids is 1. The Morgan fingerprint density at radius 2 is 2.25 bits per heavy atom. The van der Waals surface area contributed by atoms with Crippen LogP contribution < -0.4 is 5.56 Å². The maximum absolute atomic E-state index is 11.2. The minimum Gasteiger partial charge on any atom is -0.343 e. The SMILES string of the molecule is CN(C)C(=O)c1c[nH]c(=O)cn1. The van der Waals surface area contributed by atoms with E-state index in [1.54, 1.807) is 14.1 Å². The molecule has 0 bridgehead atoms. The van der Waals surface area contributed by atoms with Crippen molar-refractivity contribution in [1.29, 1.82) is 0 Å². The third-order valence-electron chi connectivity index (χ3n) is 1.30. The average Bonchev–Trinajstić information content (AvgIpc) is 2.04. The van der Waals surface area contributed by atoms with Crippen molar-refractivity contribution < 1.29 is 4.79 Å². The van der Waals surface area contributed by atoms with Gasteiger partial charge in [-0.15, -0.1) is 0 Å². The first-order valence-corrected chi connectivity index (χ1v) is 3.37. The Morgan fingerprint density at radius 1 is 1.58 bits per heavy atom. The van der Waals surface area contributed by atoms with Gasteiger partial charge in [-0.05, 0) is 0 Å². The summed E-state index contributed by atoms with van der Waals surface area (Å²) in [6.07, 6.45) is 2.38. The molecule has 1 rings (SSSR count). The van der Waals surface area contributed by atoms with Crippen molar-refractivity contribution in [1.82, 2.24) is 14.9 Å². The summed E-state index contributed by atoms with van der Waals surface area (Å²) in [4.78, 5) is 29.2. The number of rotatable bonds is 1. The van der Waals surface area contributed by atoms with Gasteiger partial charge in [-0.1, -0.05) is 0 Å². The van der Waals surface area contributed by atoms with E-state index in [0.717, 1.165) is 6.20 Å². The van der Waals surface area contributed by atoms with Gasteiger partial charge < -0.3 is 9.88 Å². The number of nitrogens with zero attached hydrogens (tertiary/aromatic N) is 2. The zero-order valence-electron chi connectivity index (χ0n) is 6.87. The van der Waals surface area contributed by atoms with Crippen LogP contribution in [0.5, 0.6) is 0 Å². The van der Waals surface area contributed by atoms with Crippen molar-refractivity contribution in [2.24, 2.45) is 0 Å². The van der Waals surface area contributed by atoms with Crippen molar-refractivity contribution in [2.75, 3.05) is 14.1 Å². The van der Waals surface area contributed by atoms with E-state index in [1.165, 1.54) is 11.1 Å². The Bertz CT molecular complexity index is 322. The molecule has 0 aromatic carbocycles. The predicted molar refractivity (Wildman–Crippen MR) is 42.9 cm³/mol. The zero-order chi connectivity index (χ0) is 9.14. The Labute approximate surface area is 69.0 Å². The van der Waals surface area contributed by atoms with Gasteiger partial charge in [0.25, 0.3) is 11.5 Å². The molecule has 0 aliphatic heterocycles. The van der Waals surface area contributed by atoms with Crippen LogP contribution in [-0.2, 0) is 0 Å². The summed E-state index contributed by atoms with van der Waals surface area (Å²) in [5, 5.41) is 0. The second-order valence-corrected chi connectivity index (χ2v) is 2.50. The van der Waals surface area contributed by atoms with Crippen molar-refractivity contribution in [3.05, 3.63) is 28.4 Å². The first kappa shape index (κ1) is 8.45. The second kappa shape index (κ2) is 3.17. The van der Waals surface area contributed by atoms with E-state index in [2.05, 4.69) is 9.97 Å². The minimum absolute atomic E-state index is 0.230. The smallest absolute Gasteiger partial charge is 0.273 e. The molecule has 0 aliphatic carbocycles. The summed E-state index contributed by atoms with van der Waals surface area (Å²) >= 11 is 0. The molecule has 0 saturated heterocycles. The second-order valence-electron chi connectivity index (χ2n) is 2.50. The fourth-order valence-corrected chi connectivity index (χ4v) is 0.688. The van der Waals surface area contributed by atoms with Gasteiger partial charge in [-0.2, -0.15) is 0 Å². The Hall–Kier alpha value is -1.65. The zero-order valence-corrected chi connectivity index (χ0v) is 6.87. The van der Waals surface area contributed by atoms with Crippen LogP contribution >= 0.6 is 0 Å². The molecule has 0 aliphatic rings. The molecule has 0 atom stereocenters. The molecule has 1 heterocycles. The van der Waals surface area contributed by atoms with E-state index in [9.17, 15) is 9.59 Å². The Balaban J connectivity index is 2.98. The lowest BCUT2D eigenvalue weighted by Gasteiger charge is -2.07. The van der Waals surface area contributed by atoms with Crippen LogP contribution in [0.3, 0.4) is 0 Å². The van der Waals surface area contributed by atoms with Gasteiger partial charge in [0.15, 0.2) is 0 Å². The number of aromatic nitrogens is 2. The highest BCUT2D eigenvalue weighted by Gasteiger charge is 2.07. The number of carbonyl (C=O) groups is 1. The maximum Gasteiger partial charge on any atom is 0.273 e. The Kier molecular flexibility index (Phi) is 2.23. The van der Waals surface area contributed by atoms with Gasteiger partial charge in [0.2, 0.25) is 0 Å². The number of hydrogen-bond acceptors (Lipinski definition) is 3. The molecule has 12 heavy (non-hydrogen) atoms. The van der Waals surface area contributed by atoms with Gasteiger partial charge in [0, 0.05) is 20.3 Å². The molecule has 0 unspecified atom stereocenters. The van der Waals surface area contributed by atoms with Crippen molar-refractivity contribution in [2.45, 2.75) is 0 Å². The minimum atomic E-state index is -0.315. The van der Waals surface area contributed by atoms with Crippen molar-refractivity contribution in [3.8, 4) is 0 Å². The summed E-state index contributed by atoms with van der Waals surface area (Å²) in [6.45, 7) is 0. The van der Waals surface area contributed by atoms with E-state index in [4.69, 9.17) is 0 Å². The van der Waals surface area contributed by atoms with Crippen molar-refractivity contribution in [3.63, 3.8) is 0 Å². The topological polar surface area (TPSA) is 66.1 Å². The van der Waals surface area contributed by atoms with E-state index in [-0.39, 0.29) is 17.2 Å². The summed E-state index contributed by atoms with van der Waals surface area (Å²) in [6, 6.07) is 0. The standard InChI is InChI=1S/C7H9N3O2/c1-10(2)7(12)5-3-9-6(11)4-8-5/h3-4H,1-2H3,(H,9,11). The molecule has 0 fully saturated rings. The molecule has 1 amide bonds. The van der Waals surface area contributed by atoms with Gasteiger partial charge in [-0.25, -0.2) is 4.98 Å². The fraction of sp³-hybridized carbons (Fsp3) is 0.286. The van der Waals surface area contributed by atoms with Crippen LogP contribution in [0.4, 0.5) is 0 Å². The van der Waals surface area contributed by atoms with Crippen LogP contribution in [-0.4, -0.2) is 34.9 Å². The van der Waals surface area contributed by atoms with E-state index < -0.39 is 0 Å². The lowest BCUT2D eigenvalue weighted by molar-refractivity contribution is 0.0821. The largest absolute Gasteiger partial charge is 0.343 e. The Morgan fingerprint density at radius 3 is 2.67 bits per heavy atom. The third kappa shape index (κ3) is 1.69. The van der Waals surface area contributed by atoms with E-state index >= 15 is 0 Å². The number of nitrogens with one attached hydrogen (secondary N) is 1. The number of amides is 1. The highest BCUT2D eigenvalue weighted by Crippen LogP contribution is 1.92. The highest BCUT2D eigenvalue weighted by atomic mass is 16.2. The monoisotopic (exact) mass is 167 g/mol. The predicted octanol–water partition coefficient (Wildman–Crippen LogP) is -0.528. The molecule has 1 aromatic rings. The fourth-order valence-electron chi connectivity index (χ4n) is 0.688. The first-order chi connectivity index (χ1) is 5.61. The number of aromatic amines is 1. The van der Waals surface area contributed by atoms with Gasteiger partial charge in [0.1, 0.15) is 5.69 Å². The molecule has 1 N–H and O–H groups in total. The highest BCUT2D eigenvalue weighted by molar-refractivity contribution is 5.91. The molecule has 5 heteroatoms. The lowest BCUT2D eigenvalue weighted by Crippen LogP contribution is -2.24. The van der Waals surface area contributed by atoms with Crippen LogP contribution in [0.15, 0.2) is 17.2 Å². The van der Waals surface area contributed by atoms with Crippen LogP contribution in [0.25, 0.3) is 0 Å². The van der Waals surface area contributed by atoms with Crippen LogP contribution in [0, 0.1) is 0 Å². The van der Waals surface area contributed by atoms with E-state index in [0.29, 0.717) is 0 Å². The van der Waals surface area contributed by atoms with Gasteiger partial charge >= 0.3 is 0 Å². The normalized spacial score (nSPS) is 9.50. The van der Waals surface area contributed by atoms with Crippen molar-refractivity contribution >= 4 is 5.91 Å². The van der Waals surface area contributed by atoms with E-state index in [1.807, 2.05) is 0 Å². The van der Waals surface area contributed by atoms with Gasteiger partial charge in [0.05, 0.1) is 6.20 Å².